The summed E-state index contributed by atoms with van der Waals surface area (Å²) in [7, 11) is -1.73. The van der Waals surface area contributed by atoms with E-state index in [4.69, 9.17) is 14.2 Å². The van der Waals surface area contributed by atoms with Crippen LogP contribution in [0.3, 0.4) is 0 Å². The summed E-state index contributed by atoms with van der Waals surface area (Å²) in [5.74, 6) is -2.38. The number of ether oxygens (including phenoxy) is 3. The standard InChI is InChI=1S/C20H24O6S/c1-5-24-17(21)15-11-13(4)20(16(15)18(25-6-2)26-19(20)22)27(23)14-9-7-12(3)8-10-14/h7-11,13,16,18H,5-6H2,1-4H3/t13-,16-,18+,20+,27+/m1/s1. The zero-order valence-corrected chi connectivity index (χ0v) is 16.7. The van der Waals surface area contributed by atoms with Crippen molar-refractivity contribution in [3.63, 3.8) is 0 Å². The molecule has 0 bridgehead atoms. The Morgan fingerprint density at radius 1 is 1.22 bits per heavy atom. The van der Waals surface area contributed by atoms with Crippen LogP contribution in [0.1, 0.15) is 26.3 Å². The summed E-state index contributed by atoms with van der Waals surface area (Å²) in [6.45, 7) is 7.70. The molecule has 1 heterocycles. The van der Waals surface area contributed by atoms with Crippen LogP contribution in [0.4, 0.5) is 0 Å². The predicted octanol–water partition coefficient (Wildman–Crippen LogP) is 2.52. The lowest BCUT2D eigenvalue weighted by Crippen LogP contribution is -2.49. The van der Waals surface area contributed by atoms with Crippen LogP contribution in [0.25, 0.3) is 0 Å². The minimum absolute atomic E-state index is 0.208. The molecule has 1 aromatic carbocycles. The zero-order valence-electron chi connectivity index (χ0n) is 15.9. The molecule has 0 radical (unpaired) electrons. The van der Waals surface area contributed by atoms with Crippen LogP contribution in [0.2, 0.25) is 0 Å². The second kappa shape index (κ2) is 7.56. The first-order chi connectivity index (χ1) is 12.9. The number of allylic oxidation sites excluding steroid dienone is 1. The molecule has 27 heavy (non-hydrogen) atoms. The number of aryl methyl sites for hydroxylation is 1. The van der Waals surface area contributed by atoms with Crippen LogP contribution < -0.4 is 0 Å². The van der Waals surface area contributed by atoms with Crippen LogP contribution in [0, 0.1) is 18.8 Å². The summed E-state index contributed by atoms with van der Waals surface area (Å²) in [4.78, 5) is 26.0. The SMILES string of the molecule is CCOC(=O)C1=C[C@@H](C)[C@@]2([S@@](=O)c3ccc(C)cc3)C(=O)O[C@H](OCC)[C@@H]12. The van der Waals surface area contributed by atoms with Crippen molar-refractivity contribution in [2.24, 2.45) is 11.8 Å². The van der Waals surface area contributed by atoms with Crippen molar-refractivity contribution in [1.29, 1.82) is 0 Å². The van der Waals surface area contributed by atoms with Gasteiger partial charge >= 0.3 is 11.9 Å². The highest BCUT2D eigenvalue weighted by Crippen LogP contribution is 2.53. The van der Waals surface area contributed by atoms with Gasteiger partial charge in [0.2, 0.25) is 6.29 Å². The van der Waals surface area contributed by atoms with E-state index in [1.54, 1.807) is 39.0 Å². The van der Waals surface area contributed by atoms with Crippen LogP contribution in [0.5, 0.6) is 0 Å². The molecule has 6 nitrogen and oxygen atoms in total. The molecular weight excluding hydrogens is 368 g/mol. The molecule has 7 heteroatoms. The van der Waals surface area contributed by atoms with E-state index in [0.29, 0.717) is 17.1 Å². The molecule has 3 rings (SSSR count). The second-order valence-corrected chi connectivity index (χ2v) is 8.40. The Labute approximate surface area is 161 Å². The smallest absolute Gasteiger partial charge is 0.334 e. The summed E-state index contributed by atoms with van der Waals surface area (Å²) >= 11 is 0. The number of cyclic esters (lactones) is 1. The van der Waals surface area contributed by atoms with Crippen molar-refractivity contribution in [1.82, 2.24) is 0 Å². The molecule has 0 N–H and O–H groups in total. The van der Waals surface area contributed by atoms with Crippen molar-refractivity contribution in [2.75, 3.05) is 13.2 Å². The quantitative estimate of drug-likeness (QED) is 0.692. The van der Waals surface area contributed by atoms with Crippen molar-refractivity contribution in [2.45, 2.75) is 43.6 Å². The van der Waals surface area contributed by atoms with Gasteiger partial charge in [0.25, 0.3) is 0 Å². The lowest BCUT2D eigenvalue weighted by Gasteiger charge is -2.30. The van der Waals surface area contributed by atoms with Crippen LogP contribution in [-0.2, 0) is 34.6 Å². The summed E-state index contributed by atoms with van der Waals surface area (Å²) in [6, 6.07) is 7.18. The minimum Gasteiger partial charge on any atom is -0.463 e. The lowest BCUT2D eigenvalue weighted by atomic mass is 9.87. The summed E-state index contributed by atoms with van der Waals surface area (Å²) in [6.07, 6.45) is 0.721. The maximum absolute atomic E-state index is 13.6. The summed E-state index contributed by atoms with van der Waals surface area (Å²) in [5, 5.41) is 0. The van der Waals surface area contributed by atoms with Crippen molar-refractivity contribution >= 4 is 22.7 Å². The van der Waals surface area contributed by atoms with Gasteiger partial charge in [0.15, 0.2) is 4.75 Å². The number of hydrogen-bond acceptors (Lipinski definition) is 6. The molecule has 0 aromatic heterocycles. The third-order valence-corrected chi connectivity index (χ3v) is 7.21. The number of fused-ring (bicyclic) bond motifs is 1. The molecule has 0 unspecified atom stereocenters. The van der Waals surface area contributed by atoms with E-state index in [2.05, 4.69) is 0 Å². The maximum atomic E-state index is 13.6. The van der Waals surface area contributed by atoms with Gasteiger partial charge in [0.1, 0.15) is 0 Å². The van der Waals surface area contributed by atoms with Gasteiger partial charge < -0.3 is 14.2 Å². The molecule has 1 saturated heterocycles. The molecule has 2 aliphatic rings. The summed E-state index contributed by atoms with van der Waals surface area (Å²) in [5.41, 5.74) is 1.32. The highest BCUT2D eigenvalue weighted by Gasteiger charge is 2.69. The van der Waals surface area contributed by atoms with Gasteiger partial charge in [-0.1, -0.05) is 30.7 Å². The summed E-state index contributed by atoms with van der Waals surface area (Å²) < 4.78 is 28.4. The Morgan fingerprint density at radius 3 is 2.48 bits per heavy atom. The number of hydrogen-bond donors (Lipinski definition) is 0. The Balaban J connectivity index is 2.10. The van der Waals surface area contributed by atoms with E-state index in [1.807, 2.05) is 19.1 Å². The number of carbonyl (C=O) groups excluding carboxylic acids is 2. The lowest BCUT2D eigenvalue weighted by molar-refractivity contribution is -0.166. The molecule has 0 spiro atoms. The van der Waals surface area contributed by atoms with Gasteiger partial charge in [0.05, 0.1) is 23.3 Å². The minimum atomic E-state index is -1.73. The maximum Gasteiger partial charge on any atom is 0.334 e. The van der Waals surface area contributed by atoms with E-state index < -0.39 is 45.6 Å². The topological polar surface area (TPSA) is 78.9 Å². The number of rotatable bonds is 6. The Kier molecular flexibility index (Phi) is 5.53. The first-order valence-electron chi connectivity index (χ1n) is 9.07. The monoisotopic (exact) mass is 392 g/mol. The molecule has 1 aliphatic heterocycles. The van der Waals surface area contributed by atoms with E-state index in [0.717, 1.165) is 5.56 Å². The Bertz CT molecular complexity index is 799. The zero-order chi connectivity index (χ0) is 19.8. The van der Waals surface area contributed by atoms with Gasteiger partial charge in [-0.3, -0.25) is 9.00 Å². The van der Waals surface area contributed by atoms with E-state index in [9.17, 15) is 13.8 Å². The number of carbonyl (C=O) groups is 2. The Morgan fingerprint density at radius 2 is 1.89 bits per heavy atom. The normalized spacial score (nSPS) is 30.4. The fourth-order valence-electron chi connectivity index (χ4n) is 3.86. The van der Waals surface area contributed by atoms with Gasteiger partial charge in [-0.25, -0.2) is 4.79 Å². The van der Waals surface area contributed by atoms with Gasteiger partial charge in [-0.05, 0) is 32.9 Å². The van der Waals surface area contributed by atoms with E-state index >= 15 is 0 Å². The van der Waals surface area contributed by atoms with Crippen LogP contribution in [-0.4, -0.2) is 40.4 Å². The number of esters is 2. The molecule has 1 fully saturated rings. The molecule has 1 aromatic rings. The van der Waals surface area contributed by atoms with Gasteiger partial charge in [-0.2, -0.15) is 0 Å². The van der Waals surface area contributed by atoms with Crippen molar-refractivity contribution < 1.29 is 28.0 Å². The third kappa shape index (κ3) is 3.02. The molecule has 1 aliphatic carbocycles. The second-order valence-electron chi connectivity index (χ2n) is 6.71. The first-order valence-corrected chi connectivity index (χ1v) is 10.2. The third-order valence-electron chi connectivity index (χ3n) is 5.10. The predicted molar refractivity (Wildman–Crippen MR) is 99.2 cm³/mol. The molecular formula is C20H24O6S. The van der Waals surface area contributed by atoms with E-state index in [-0.39, 0.29) is 6.61 Å². The van der Waals surface area contributed by atoms with E-state index in [1.165, 1.54) is 0 Å². The largest absolute Gasteiger partial charge is 0.463 e. The average molecular weight is 392 g/mol. The van der Waals surface area contributed by atoms with Crippen LogP contribution in [0.15, 0.2) is 40.8 Å². The van der Waals surface area contributed by atoms with Gasteiger partial charge in [-0.15, -0.1) is 0 Å². The fourth-order valence-corrected chi connectivity index (χ4v) is 5.71. The highest BCUT2D eigenvalue weighted by atomic mass is 32.2. The Hall–Kier alpha value is -1.99. The molecule has 5 atom stereocenters. The van der Waals surface area contributed by atoms with Crippen molar-refractivity contribution in [3.8, 4) is 0 Å². The van der Waals surface area contributed by atoms with Gasteiger partial charge in [0, 0.05) is 23.0 Å². The first kappa shape index (κ1) is 19.8. The molecule has 0 saturated carbocycles. The fraction of sp³-hybridized carbons (Fsp3) is 0.500. The molecule has 146 valence electrons. The average Bonchev–Trinajstić information content (AvgIpc) is 3.10. The van der Waals surface area contributed by atoms with Crippen molar-refractivity contribution in [3.05, 3.63) is 41.5 Å². The number of benzene rings is 1. The van der Waals surface area contributed by atoms with Crippen LogP contribution >= 0.6 is 0 Å². The molecule has 0 amide bonds. The highest BCUT2D eigenvalue weighted by molar-refractivity contribution is 7.87.